The van der Waals surface area contributed by atoms with Crippen LogP contribution in [0.5, 0.6) is 0 Å². The van der Waals surface area contributed by atoms with Gasteiger partial charge in [-0.2, -0.15) is 5.26 Å². The van der Waals surface area contributed by atoms with E-state index in [0.29, 0.717) is 6.04 Å². The zero-order valence-corrected chi connectivity index (χ0v) is 10.1. The maximum absolute atomic E-state index is 8.94. The van der Waals surface area contributed by atoms with Crippen molar-refractivity contribution < 1.29 is 0 Å². The van der Waals surface area contributed by atoms with Crippen molar-refractivity contribution in [3.8, 4) is 6.07 Å². The van der Waals surface area contributed by atoms with Gasteiger partial charge in [0.1, 0.15) is 11.8 Å². The highest BCUT2D eigenvalue weighted by Crippen LogP contribution is 2.19. The Morgan fingerprint density at radius 1 is 1.50 bits per heavy atom. The Morgan fingerprint density at radius 3 is 2.75 bits per heavy atom. The smallest absolute Gasteiger partial charge is 0.120 e. The molecule has 3 nitrogen and oxygen atoms in total. The lowest BCUT2D eigenvalue weighted by molar-refractivity contribution is 0.523. The summed E-state index contributed by atoms with van der Waals surface area (Å²) in [5.74, 6) is 0. The van der Waals surface area contributed by atoms with Crippen LogP contribution in [0, 0.1) is 18.3 Å². The Kier molecular flexibility index (Phi) is 3.31. The van der Waals surface area contributed by atoms with Crippen LogP contribution in [0.2, 0.25) is 0 Å². The van der Waals surface area contributed by atoms with Gasteiger partial charge in [-0.15, -0.1) is 0 Å². The molecule has 86 valence electrons. The molecule has 1 aliphatic carbocycles. The van der Waals surface area contributed by atoms with Gasteiger partial charge in [-0.05, 0) is 31.4 Å². The maximum Gasteiger partial charge on any atom is 0.120 e. The maximum atomic E-state index is 8.94. The predicted octanol–water partition coefficient (Wildman–Crippen LogP) is 2.24. The van der Waals surface area contributed by atoms with Gasteiger partial charge >= 0.3 is 0 Å². The van der Waals surface area contributed by atoms with E-state index in [1.165, 1.54) is 36.9 Å². The fourth-order valence-electron chi connectivity index (χ4n) is 2.43. The monoisotopic (exact) mass is 217 g/mol. The molecule has 1 aromatic rings. The third-order valence-corrected chi connectivity index (χ3v) is 3.69. The van der Waals surface area contributed by atoms with Gasteiger partial charge in [0, 0.05) is 25.3 Å². The number of hydrogen-bond acceptors (Lipinski definition) is 2. The van der Waals surface area contributed by atoms with Crippen LogP contribution in [0.15, 0.2) is 6.07 Å². The van der Waals surface area contributed by atoms with Gasteiger partial charge in [0.05, 0.1) is 0 Å². The SMILES string of the molecule is Cc1c(CNC2CCCC2)cc(C#N)n1C. The van der Waals surface area contributed by atoms with Crippen LogP contribution in [-0.2, 0) is 13.6 Å². The Bertz CT molecular complexity index is 406. The molecule has 0 aromatic carbocycles. The Balaban J connectivity index is 2.01. The third-order valence-electron chi connectivity index (χ3n) is 3.69. The van der Waals surface area contributed by atoms with Crippen LogP contribution in [0.3, 0.4) is 0 Å². The summed E-state index contributed by atoms with van der Waals surface area (Å²) in [6.45, 7) is 2.97. The summed E-state index contributed by atoms with van der Waals surface area (Å²) in [6, 6.07) is 4.90. The zero-order valence-electron chi connectivity index (χ0n) is 10.1. The van der Waals surface area contributed by atoms with Gasteiger partial charge in [0.25, 0.3) is 0 Å². The van der Waals surface area contributed by atoms with Gasteiger partial charge in [-0.3, -0.25) is 0 Å². The average Bonchev–Trinajstić information content (AvgIpc) is 2.88. The van der Waals surface area contributed by atoms with Crippen LogP contribution < -0.4 is 5.32 Å². The van der Waals surface area contributed by atoms with Crippen LogP contribution in [0.25, 0.3) is 0 Å². The highest BCUT2D eigenvalue weighted by molar-refractivity contribution is 5.34. The summed E-state index contributed by atoms with van der Waals surface area (Å²) in [6.07, 6.45) is 5.32. The Morgan fingerprint density at radius 2 is 2.19 bits per heavy atom. The minimum Gasteiger partial charge on any atom is -0.340 e. The summed E-state index contributed by atoms with van der Waals surface area (Å²) >= 11 is 0. The van der Waals surface area contributed by atoms with Gasteiger partial charge in [-0.25, -0.2) is 0 Å². The molecule has 1 aromatic heterocycles. The molecule has 0 unspecified atom stereocenters. The summed E-state index contributed by atoms with van der Waals surface area (Å²) in [5.41, 5.74) is 3.20. The van der Waals surface area contributed by atoms with Crippen molar-refractivity contribution in [2.24, 2.45) is 7.05 Å². The van der Waals surface area contributed by atoms with Crippen LogP contribution >= 0.6 is 0 Å². The van der Waals surface area contributed by atoms with E-state index in [2.05, 4.69) is 18.3 Å². The lowest BCUT2D eigenvalue weighted by Gasteiger charge is -2.11. The Hall–Kier alpha value is -1.27. The van der Waals surface area contributed by atoms with Crippen molar-refractivity contribution in [1.82, 2.24) is 9.88 Å². The molecule has 0 aliphatic heterocycles. The molecule has 2 rings (SSSR count). The third kappa shape index (κ3) is 2.12. The molecular formula is C13H19N3. The lowest BCUT2D eigenvalue weighted by Crippen LogP contribution is -2.25. The molecule has 0 spiro atoms. The fraction of sp³-hybridized carbons (Fsp3) is 0.615. The van der Waals surface area contributed by atoms with E-state index >= 15 is 0 Å². The van der Waals surface area contributed by atoms with Crippen LogP contribution in [-0.4, -0.2) is 10.6 Å². The van der Waals surface area contributed by atoms with Crippen molar-refractivity contribution in [1.29, 1.82) is 5.26 Å². The minimum absolute atomic E-state index is 0.685. The predicted molar refractivity (Wildman–Crippen MR) is 64.0 cm³/mol. The largest absolute Gasteiger partial charge is 0.340 e. The number of nitrogens with zero attached hydrogens (tertiary/aromatic N) is 2. The fourth-order valence-corrected chi connectivity index (χ4v) is 2.43. The molecule has 0 atom stereocenters. The average molecular weight is 217 g/mol. The van der Waals surface area contributed by atoms with Crippen molar-refractivity contribution in [3.05, 3.63) is 23.0 Å². The second kappa shape index (κ2) is 4.71. The molecule has 1 fully saturated rings. The summed E-state index contributed by atoms with van der Waals surface area (Å²) in [5, 5.41) is 12.5. The van der Waals surface area contributed by atoms with Crippen LogP contribution in [0.4, 0.5) is 0 Å². The van der Waals surface area contributed by atoms with Crippen molar-refractivity contribution in [2.45, 2.75) is 45.2 Å². The molecule has 0 radical (unpaired) electrons. The number of rotatable bonds is 3. The number of aromatic nitrogens is 1. The molecule has 0 bridgehead atoms. The summed E-state index contributed by atoms with van der Waals surface area (Å²) in [4.78, 5) is 0. The van der Waals surface area contributed by atoms with Crippen molar-refractivity contribution >= 4 is 0 Å². The second-order valence-electron chi connectivity index (χ2n) is 4.67. The van der Waals surface area contributed by atoms with Gasteiger partial charge in [0.15, 0.2) is 0 Å². The highest BCUT2D eigenvalue weighted by atomic mass is 15.0. The standard InChI is InChI=1S/C13H19N3/c1-10-11(7-13(8-14)16(10)2)9-15-12-5-3-4-6-12/h7,12,15H,3-6,9H2,1-2H3. The van der Waals surface area contributed by atoms with E-state index in [1.54, 1.807) is 0 Å². The normalized spacial score (nSPS) is 16.6. The topological polar surface area (TPSA) is 40.8 Å². The first-order valence-electron chi connectivity index (χ1n) is 6.01. The molecular weight excluding hydrogens is 198 g/mol. The van der Waals surface area contributed by atoms with E-state index in [-0.39, 0.29) is 0 Å². The number of nitriles is 1. The molecule has 1 aliphatic rings. The quantitative estimate of drug-likeness (QED) is 0.843. The molecule has 3 heteroatoms. The first kappa shape index (κ1) is 11.2. The van der Waals surface area contributed by atoms with Gasteiger partial charge in [0.2, 0.25) is 0 Å². The van der Waals surface area contributed by atoms with Crippen molar-refractivity contribution in [2.75, 3.05) is 0 Å². The second-order valence-corrected chi connectivity index (χ2v) is 4.67. The Labute approximate surface area is 97.1 Å². The molecule has 0 amide bonds. The van der Waals surface area contributed by atoms with Crippen LogP contribution in [0.1, 0.15) is 42.6 Å². The summed E-state index contributed by atoms with van der Waals surface area (Å²) in [7, 11) is 1.95. The summed E-state index contributed by atoms with van der Waals surface area (Å²) < 4.78 is 1.96. The molecule has 16 heavy (non-hydrogen) atoms. The van der Waals surface area contributed by atoms with Crippen molar-refractivity contribution in [3.63, 3.8) is 0 Å². The van der Waals surface area contributed by atoms with E-state index in [9.17, 15) is 0 Å². The molecule has 1 N–H and O–H groups in total. The first-order valence-corrected chi connectivity index (χ1v) is 6.01. The van der Waals surface area contributed by atoms with Gasteiger partial charge < -0.3 is 9.88 Å². The number of nitrogens with one attached hydrogen (secondary N) is 1. The first-order chi connectivity index (χ1) is 7.72. The molecule has 0 saturated heterocycles. The van der Waals surface area contributed by atoms with E-state index in [1.807, 2.05) is 17.7 Å². The van der Waals surface area contributed by atoms with Gasteiger partial charge in [-0.1, -0.05) is 12.8 Å². The lowest BCUT2D eigenvalue weighted by atomic mass is 10.2. The van der Waals surface area contributed by atoms with E-state index in [0.717, 1.165) is 12.2 Å². The van der Waals surface area contributed by atoms with E-state index < -0.39 is 0 Å². The van der Waals surface area contributed by atoms with E-state index in [4.69, 9.17) is 5.26 Å². The highest BCUT2D eigenvalue weighted by Gasteiger charge is 2.15. The molecule has 1 heterocycles. The minimum atomic E-state index is 0.685. The zero-order chi connectivity index (χ0) is 11.5. The number of hydrogen-bond donors (Lipinski definition) is 1. The molecule has 1 saturated carbocycles.